The number of carbonyl (C=O) groups is 1. The molecule has 0 aliphatic heterocycles. The Kier molecular flexibility index (Phi) is 4.12. The van der Waals surface area contributed by atoms with E-state index in [0.717, 1.165) is 44.1 Å². The third kappa shape index (κ3) is 2.76. The van der Waals surface area contributed by atoms with E-state index >= 15 is 0 Å². The molecule has 3 saturated carbocycles. The summed E-state index contributed by atoms with van der Waals surface area (Å²) >= 11 is 6.16. The van der Waals surface area contributed by atoms with Gasteiger partial charge in [0.2, 0.25) is 0 Å². The van der Waals surface area contributed by atoms with Crippen molar-refractivity contribution in [2.45, 2.75) is 51.0 Å². The molecule has 3 bridgehead atoms. The molecule has 0 heterocycles. The van der Waals surface area contributed by atoms with Crippen LogP contribution >= 0.6 is 11.6 Å². The lowest BCUT2D eigenvalue weighted by Gasteiger charge is -2.40. The third-order valence-corrected chi connectivity index (χ3v) is 7.29. The van der Waals surface area contributed by atoms with E-state index in [1.54, 1.807) is 0 Å². The Bertz CT molecular complexity index is 646. The first-order chi connectivity index (χ1) is 11.5. The van der Waals surface area contributed by atoms with Gasteiger partial charge in [0.15, 0.2) is 0 Å². The van der Waals surface area contributed by atoms with Crippen LogP contribution in [0.2, 0.25) is 5.02 Å². The zero-order chi connectivity index (χ0) is 16.9. The minimum atomic E-state index is -0.696. The highest BCUT2D eigenvalue weighted by Crippen LogP contribution is 2.61. The van der Waals surface area contributed by atoms with Gasteiger partial charge in [-0.3, -0.25) is 4.79 Å². The second kappa shape index (κ2) is 6.03. The molecule has 1 aromatic carbocycles. The van der Waals surface area contributed by atoms with Gasteiger partial charge in [-0.2, -0.15) is 0 Å². The molecule has 0 saturated heterocycles. The average molecular weight is 349 g/mol. The molecule has 3 aliphatic rings. The predicted molar refractivity (Wildman–Crippen MR) is 92.9 cm³/mol. The molecule has 4 heteroatoms. The zero-order valence-electron chi connectivity index (χ0n) is 13.8. The van der Waals surface area contributed by atoms with Gasteiger partial charge in [-0.1, -0.05) is 23.7 Å². The van der Waals surface area contributed by atoms with Crippen molar-refractivity contribution in [2.75, 3.05) is 0 Å². The van der Waals surface area contributed by atoms with Crippen LogP contribution in [-0.4, -0.2) is 22.3 Å². The number of rotatable bonds is 4. The molecule has 0 aromatic heterocycles. The molecule has 130 valence electrons. The number of benzene rings is 1. The Balaban J connectivity index is 1.70. The SMILES string of the molecule is O=C(O)CC1(Cc2cccc(Cl)c2)CCC2CC3CC(CC31)C2O. The maximum Gasteiger partial charge on any atom is 0.303 e. The number of aliphatic carboxylic acids is 1. The molecule has 6 unspecified atom stereocenters. The van der Waals surface area contributed by atoms with Crippen molar-refractivity contribution >= 4 is 17.6 Å². The van der Waals surface area contributed by atoms with E-state index in [4.69, 9.17) is 11.6 Å². The van der Waals surface area contributed by atoms with Crippen LogP contribution in [0.1, 0.15) is 44.1 Å². The van der Waals surface area contributed by atoms with Crippen LogP contribution in [0.5, 0.6) is 0 Å². The second-order valence-electron chi connectivity index (χ2n) is 8.36. The minimum Gasteiger partial charge on any atom is -0.481 e. The van der Waals surface area contributed by atoms with Crippen molar-refractivity contribution in [2.24, 2.45) is 29.1 Å². The number of carboxylic acids is 1. The van der Waals surface area contributed by atoms with Gasteiger partial charge in [-0.05, 0) is 85.3 Å². The number of halogens is 1. The first-order valence-electron chi connectivity index (χ1n) is 9.11. The Labute approximate surface area is 148 Å². The quantitative estimate of drug-likeness (QED) is 0.858. The predicted octanol–water partition coefficient (Wildman–Crippen LogP) is 4.16. The summed E-state index contributed by atoms with van der Waals surface area (Å²) in [6.45, 7) is 0. The smallest absolute Gasteiger partial charge is 0.303 e. The lowest BCUT2D eigenvalue weighted by atomic mass is 9.63. The van der Waals surface area contributed by atoms with E-state index < -0.39 is 5.97 Å². The molecule has 4 rings (SSSR count). The average Bonchev–Trinajstić information content (AvgIpc) is 2.84. The van der Waals surface area contributed by atoms with Crippen molar-refractivity contribution in [1.29, 1.82) is 0 Å². The van der Waals surface area contributed by atoms with E-state index in [9.17, 15) is 15.0 Å². The number of aliphatic hydroxyl groups is 1. The summed E-state index contributed by atoms with van der Waals surface area (Å²) < 4.78 is 0. The van der Waals surface area contributed by atoms with Crippen LogP contribution in [0.3, 0.4) is 0 Å². The van der Waals surface area contributed by atoms with Crippen LogP contribution in [-0.2, 0) is 11.2 Å². The van der Waals surface area contributed by atoms with Crippen molar-refractivity contribution < 1.29 is 15.0 Å². The van der Waals surface area contributed by atoms with Gasteiger partial charge in [0.25, 0.3) is 0 Å². The third-order valence-electron chi connectivity index (χ3n) is 7.05. The van der Waals surface area contributed by atoms with E-state index in [2.05, 4.69) is 6.07 Å². The summed E-state index contributed by atoms with van der Waals surface area (Å²) in [5.41, 5.74) is 0.954. The zero-order valence-corrected chi connectivity index (χ0v) is 14.6. The number of hydrogen-bond donors (Lipinski definition) is 2. The first kappa shape index (κ1) is 16.4. The number of carboxylic acid groups (broad SMARTS) is 1. The van der Waals surface area contributed by atoms with Gasteiger partial charge < -0.3 is 10.2 Å². The normalized spacial score (nSPS) is 40.5. The van der Waals surface area contributed by atoms with Gasteiger partial charge in [-0.15, -0.1) is 0 Å². The van der Waals surface area contributed by atoms with Crippen molar-refractivity contribution in [3.05, 3.63) is 34.9 Å². The van der Waals surface area contributed by atoms with Crippen LogP contribution in [0.25, 0.3) is 0 Å². The fourth-order valence-corrected chi connectivity index (χ4v) is 6.39. The van der Waals surface area contributed by atoms with Gasteiger partial charge in [0.05, 0.1) is 12.5 Å². The molecule has 3 fully saturated rings. The molecule has 1 aromatic rings. The molecule has 3 nitrogen and oxygen atoms in total. The van der Waals surface area contributed by atoms with Gasteiger partial charge in [0, 0.05) is 5.02 Å². The van der Waals surface area contributed by atoms with Gasteiger partial charge >= 0.3 is 5.97 Å². The molecule has 2 N–H and O–H groups in total. The summed E-state index contributed by atoms with van der Waals surface area (Å²) in [7, 11) is 0. The lowest BCUT2D eigenvalue weighted by molar-refractivity contribution is -0.141. The fraction of sp³-hybridized carbons (Fsp3) is 0.650. The van der Waals surface area contributed by atoms with Crippen molar-refractivity contribution in [3.8, 4) is 0 Å². The molecule has 24 heavy (non-hydrogen) atoms. The number of aliphatic hydroxyl groups excluding tert-OH is 1. The summed E-state index contributed by atoms with van der Waals surface area (Å²) in [6, 6.07) is 7.87. The Morgan fingerprint density at radius 3 is 2.75 bits per heavy atom. The Hall–Kier alpha value is -1.06. The summed E-state index contributed by atoms with van der Waals surface area (Å²) in [5, 5.41) is 20.9. The molecule has 3 aliphatic carbocycles. The van der Waals surface area contributed by atoms with Crippen LogP contribution in [0.4, 0.5) is 0 Å². The Morgan fingerprint density at radius 2 is 2.00 bits per heavy atom. The van der Waals surface area contributed by atoms with Crippen molar-refractivity contribution in [3.63, 3.8) is 0 Å². The van der Waals surface area contributed by atoms with Gasteiger partial charge in [-0.25, -0.2) is 0 Å². The topological polar surface area (TPSA) is 57.5 Å². The maximum absolute atomic E-state index is 11.7. The highest BCUT2D eigenvalue weighted by molar-refractivity contribution is 6.30. The molecule has 0 spiro atoms. The summed E-state index contributed by atoms with van der Waals surface area (Å²) in [6.07, 6.45) is 5.88. The lowest BCUT2D eigenvalue weighted by Crippen LogP contribution is -2.37. The summed E-state index contributed by atoms with van der Waals surface area (Å²) in [4.78, 5) is 11.7. The Morgan fingerprint density at radius 1 is 1.21 bits per heavy atom. The van der Waals surface area contributed by atoms with Crippen LogP contribution < -0.4 is 0 Å². The van der Waals surface area contributed by atoms with E-state index in [1.165, 1.54) is 0 Å². The number of hydrogen-bond acceptors (Lipinski definition) is 2. The molecule has 0 radical (unpaired) electrons. The highest BCUT2D eigenvalue weighted by Gasteiger charge is 2.56. The van der Waals surface area contributed by atoms with Crippen LogP contribution in [0, 0.1) is 29.1 Å². The molecular formula is C20H25ClO3. The minimum absolute atomic E-state index is 0.166. The van der Waals surface area contributed by atoms with Gasteiger partial charge in [0.1, 0.15) is 0 Å². The molecular weight excluding hydrogens is 324 g/mol. The highest BCUT2D eigenvalue weighted by atomic mass is 35.5. The number of fused-ring (bicyclic) bond motifs is 2. The monoisotopic (exact) mass is 348 g/mol. The van der Waals surface area contributed by atoms with Crippen LogP contribution in [0.15, 0.2) is 24.3 Å². The van der Waals surface area contributed by atoms with E-state index in [0.29, 0.717) is 28.7 Å². The maximum atomic E-state index is 11.7. The van der Waals surface area contributed by atoms with E-state index in [1.807, 2.05) is 18.2 Å². The molecule has 6 atom stereocenters. The standard InChI is InChI=1S/C20H25ClO3/c21-16-3-1-2-12(6-16)10-20(11-18(22)23)5-4-13-7-14-8-15(19(13)24)9-17(14)20/h1-3,6,13-15,17,19,24H,4-5,7-11H2,(H,22,23). The first-order valence-corrected chi connectivity index (χ1v) is 9.49. The largest absolute Gasteiger partial charge is 0.481 e. The summed E-state index contributed by atoms with van der Waals surface area (Å²) in [5.74, 6) is 1.06. The second-order valence-corrected chi connectivity index (χ2v) is 8.80. The molecule has 0 amide bonds. The van der Waals surface area contributed by atoms with E-state index in [-0.39, 0.29) is 17.9 Å². The van der Waals surface area contributed by atoms with Crippen molar-refractivity contribution in [1.82, 2.24) is 0 Å². The fourth-order valence-electron chi connectivity index (χ4n) is 6.17.